The lowest BCUT2D eigenvalue weighted by molar-refractivity contribution is -0.126. The maximum absolute atomic E-state index is 13.1. The topological polar surface area (TPSA) is 20.3 Å². The highest BCUT2D eigenvalue weighted by Gasteiger charge is 2.48. The van der Waals surface area contributed by atoms with Crippen LogP contribution >= 0.6 is 0 Å². The molecule has 2 aliphatic heterocycles. The van der Waals surface area contributed by atoms with Gasteiger partial charge in [0.1, 0.15) is 11.6 Å². The van der Waals surface area contributed by atoms with Crippen LogP contribution < -0.4 is 0 Å². The van der Waals surface area contributed by atoms with Gasteiger partial charge in [-0.25, -0.2) is 4.39 Å². The molecule has 2 nitrogen and oxygen atoms in total. The molecule has 0 saturated carbocycles. The first-order valence-electron chi connectivity index (χ1n) is 7.62. The Hall–Kier alpha value is -1.22. The highest BCUT2D eigenvalue weighted by atomic mass is 19.1. The highest BCUT2D eigenvalue weighted by Crippen LogP contribution is 2.46. The molecule has 108 valence electrons. The van der Waals surface area contributed by atoms with Crippen molar-refractivity contribution in [3.63, 3.8) is 0 Å². The van der Waals surface area contributed by atoms with E-state index in [0.29, 0.717) is 24.3 Å². The lowest BCUT2D eigenvalue weighted by Crippen LogP contribution is -2.48. The number of benzene rings is 1. The zero-order valence-electron chi connectivity index (χ0n) is 12.2. The first-order chi connectivity index (χ1) is 9.61. The van der Waals surface area contributed by atoms with Crippen molar-refractivity contribution >= 4 is 5.78 Å². The van der Waals surface area contributed by atoms with Crippen LogP contribution in [-0.2, 0) is 4.79 Å². The van der Waals surface area contributed by atoms with Crippen LogP contribution in [-0.4, -0.2) is 29.8 Å². The number of nitrogens with zero attached hydrogens (tertiary/aromatic N) is 1. The molecule has 0 N–H and O–H groups in total. The fourth-order valence-electron chi connectivity index (χ4n) is 4.19. The molecule has 20 heavy (non-hydrogen) atoms. The van der Waals surface area contributed by atoms with Gasteiger partial charge in [0.25, 0.3) is 0 Å². The quantitative estimate of drug-likeness (QED) is 0.843. The van der Waals surface area contributed by atoms with E-state index in [1.807, 2.05) is 19.1 Å². The van der Waals surface area contributed by atoms with Crippen molar-refractivity contribution < 1.29 is 9.18 Å². The molecule has 2 saturated heterocycles. The van der Waals surface area contributed by atoms with Crippen LogP contribution in [0.25, 0.3) is 0 Å². The van der Waals surface area contributed by atoms with Crippen molar-refractivity contribution in [1.29, 1.82) is 0 Å². The number of piperidine rings is 1. The van der Waals surface area contributed by atoms with E-state index in [0.717, 1.165) is 18.4 Å². The Bertz CT molecular complexity index is 498. The minimum absolute atomic E-state index is 0.0780. The van der Waals surface area contributed by atoms with Crippen LogP contribution in [0.5, 0.6) is 0 Å². The summed E-state index contributed by atoms with van der Waals surface area (Å²) >= 11 is 0. The van der Waals surface area contributed by atoms with Crippen molar-refractivity contribution in [2.75, 3.05) is 7.05 Å². The average Bonchev–Trinajstić information content (AvgIpc) is 2.70. The third-order valence-corrected chi connectivity index (χ3v) is 5.29. The molecular weight excluding hydrogens is 253 g/mol. The Labute approximate surface area is 120 Å². The second kappa shape index (κ2) is 5.28. The Morgan fingerprint density at radius 2 is 2.00 bits per heavy atom. The summed E-state index contributed by atoms with van der Waals surface area (Å²) in [5.74, 6) is 0.491. The molecule has 2 bridgehead atoms. The molecule has 2 heterocycles. The first kappa shape index (κ1) is 13.7. The number of hydrogen-bond donors (Lipinski definition) is 0. The van der Waals surface area contributed by atoms with Gasteiger partial charge >= 0.3 is 0 Å². The predicted molar refractivity (Wildman–Crippen MR) is 77.1 cm³/mol. The van der Waals surface area contributed by atoms with E-state index in [4.69, 9.17) is 0 Å². The molecule has 0 aliphatic carbocycles. The van der Waals surface area contributed by atoms with Gasteiger partial charge in [-0.2, -0.15) is 0 Å². The van der Waals surface area contributed by atoms with Crippen LogP contribution in [0.3, 0.4) is 0 Å². The number of Topliss-reactive ketones (excluding diaryl/α,β-unsaturated/α-hetero) is 1. The SMILES string of the molecule is CCC(=O)[C@H]1[C@H](c2ccc(F)cc2)CC2CC[C@@H]1N2C. The summed E-state index contributed by atoms with van der Waals surface area (Å²) in [6.07, 6.45) is 3.92. The molecule has 0 radical (unpaired) electrons. The second-order valence-corrected chi connectivity index (χ2v) is 6.20. The molecule has 0 aromatic heterocycles. The van der Waals surface area contributed by atoms with Gasteiger partial charge in [-0.15, -0.1) is 0 Å². The Balaban J connectivity index is 1.95. The summed E-state index contributed by atoms with van der Waals surface area (Å²) in [7, 11) is 2.15. The van der Waals surface area contributed by atoms with E-state index in [1.54, 1.807) is 0 Å². The Morgan fingerprint density at radius 1 is 1.30 bits per heavy atom. The van der Waals surface area contributed by atoms with Crippen LogP contribution in [0.4, 0.5) is 4.39 Å². The molecule has 1 aromatic carbocycles. The third-order valence-electron chi connectivity index (χ3n) is 5.29. The van der Waals surface area contributed by atoms with Crippen LogP contribution in [0.1, 0.15) is 44.1 Å². The summed E-state index contributed by atoms with van der Waals surface area (Å²) < 4.78 is 13.1. The lowest BCUT2D eigenvalue weighted by atomic mass is 9.73. The Morgan fingerprint density at radius 3 is 2.65 bits per heavy atom. The molecule has 0 amide bonds. The molecular formula is C17H22FNO. The molecule has 4 atom stereocenters. The van der Waals surface area contributed by atoms with Crippen molar-refractivity contribution in [3.8, 4) is 0 Å². The number of ketones is 1. The summed E-state index contributed by atoms with van der Waals surface area (Å²) in [4.78, 5) is 14.9. The molecule has 2 aliphatic rings. The normalized spacial score (nSPS) is 33.4. The average molecular weight is 275 g/mol. The van der Waals surface area contributed by atoms with E-state index in [9.17, 15) is 9.18 Å². The van der Waals surface area contributed by atoms with E-state index >= 15 is 0 Å². The number of halogens is 1. The largest absolute Gasteiger partial charge is 0.300 e. The van der Waals surface area contributed by atoms with E-state index in [-0.39, 0.29) is 17.7 Å². The van der Waals surface area contributed by atoms with E-state index < -0.39 is 0 Å². The highest BCUT2D eigenvalue weighted by molar-refractivity contribution is 5.82. The van der Waals surface area contributed by atoms with Crippen molar-refractivity contribution in [1.82, 2.24) is 4.90 Å². The third kappa shape index (κ3) is 2.18. The zero-order valence-corrected chi connectivity index (χ0v) is 12.2. The van der Waals surface area contributed by atoms with Gasteiger partial charge in [-0.3, -0.25) is 9.69 Å². The van der Waals surface area contributed by atoms with Gasteiger partial charge in [-0.05, 0) is 49.9 Å². The number of rotatable bonds is 3. The summed E-state index contributed by atoms with van der Waals surface area (Å²) in [6, 6.07) is 7.71. The number of fused-ring (bicyclic) bond motifs is 2. The number of hydrogen-bond acceptors (Lipinski definition) is 2. The molecule has 2 fully saturated rings. The predicted octanol–water partition coefficient (Wildman–Crippen LogP) is 3.37. The minimum Gasteiger partial charge on any atom is -0.300 e. The lowest BCUT2D eigenvalue weighted by Gasteiger charge is -2.42. The van der Waals surface area contributed by atoms with Crippen LogP contribution in [0.2, 0.25) is 0 Å². The first-order valence-corrected chi connectivity index (χ1v) is 7.62. The van der Waals surface area contributed by atoms with Crippen molar-refractivity contribution in [2.45, 2.75) is 50.6 Å². The molecule has 1 unspecified atom stereocenters. The van der Waals surface area contributed by atoms with Gasteiger partial charge in [-0.1, -0.05) is 19.1 Å². The zero-order chi connectivity index (χ0) is 14.3. The maximum Gasteiger partial charge on any atom is 0.137 e. The van der Waals surface area contributed by atoms with Gasteiger partial charge in [0, 0.05) is 24.4 Å². The van der Waals surface area contributed by atoms with Crippen LogP contribution in [0.15, 0.2) is 24.3 Å². The standard InChI is InChI=1S/C17H22FNO/c1-3-16(20)17-14(11-4-6-12(18)7-5-11)10-13-8-9-15(17)19(13)2/h4-7,13-15,17H,3,8-10H2,1-2H3/t13?,14-,15-,17-/m0/s1. The maximum atomic E-state index is 13.1. The molecule has 3 rings (SSSR count). The van der Waals surface area contributed by atoms with Gasteiger partial charge in [0.2, 0.25) is 0 Å². The fraction of sp³-hybridized carbons (Fsp3) is 0.588. The summed E-state index contributed by atoms with van der Waals surface area (Å²) in [5, 5.41) is 0. The van der Waals surface area contributed by atoms with Crippen molar-refractivity contribution in [2.24, 2.45) is 5.92 Å². The number of carbonyl (C=O) groups is 1. The van der Waals surface area contributed by atoms with E-state index in [2.05, 4.69) is 11.9 Å². The van der Waals surface area contributed by atoms with Gasteiger partial charge < -0.3 is 0 Å². The monoisotopic (exact) mass is 275 g/mol. The van der Waals surface area contributed by atoms with Crippen molar-refractivity contribution in [3.05, 3.63) is 35.6 Å². The summed E-state index contributed by atoms with van der Waals surface area (Å²) in [6.45, 7) is 1.95. The fourth-order valence-corrected chi connectivity index (χ4v) is 4.19. The molecule has 3 heteroatoms. The van der Waals surface area contributed by atoms with Gasteiger partial charge in [0.15, 0.2) is 0 Å². The van der Waals surface area contributed by atoms with Crippen LogP contribution in [0, 0.1) is 11.7 Å². The molecule has 1 aromatic rings. The smallest absolute Gasteiger partial charge is 0.137 e. The Kier molecular flexibility index (Phi) is 3.63. The minimum atomic E-state index is -0.206. The molecule has 0 spiro atoms. The van der Waals surface area contributed by atoms with Gasteiger partial charge in [0.05, 0.1) is 0 Å². The summed E-state index contributed by atoms with van der Waals surface area (Å²) in [5.41, 5.74) is 1.13. The van der Waals surface area contributed by atoms with E-state index in [1.165, 1.54) is 18.6 Å². The number of carbonyl (C=O) groups excluding carboxylic acids is 1. The second-order valence-electron chi connectivity index (χ2n) is 6.20.